The molecule has 206 valence electrons. The average Bonchev–Trinajstić information content (AvgIpc) is 3.48. The molecule has 2 aromatic rings. The third-order valence-electron chi connectivity index (χ3n) is 5.80. The Balaban J connectivity index is 1.15. The molecule has 2 aliphatic rings. The first-order valence-electron chi connectivity index (χ1n) is 11.6. The summed E-state index contributed by atoms with van der Waals surface area (Å²) < 4.78 is 38.2. The molecule has 0 aliphatic carbocycles. The van der Waals surface area contributed by atoms with Crippen LogP contribution in [-0.2, 0) is 28.5 Å². The molecular weight excluding hydrogens is 529 g/mol. The highest BCUT2D eigenvalue weighted by Crippen LogP contribution is 2.33. The molecule has 5 atom stereocenters. The van der Waals surface area contributed by atoms with Gasteiger partial charge in [0, 0.05) is 30.1 Å². The first-order valence-corrected chi connectivity index (χ1v) is 12.7. The molecule has 14 nitrogen and oxygen atoms in total. The Morgan fingerprint density at radius 1 is 1.18 bits per heavy atom. The monoisotopic (exact) mass is 555 g/mol. The highest BCUT2D eigenvalue weighted by atomic mass is 32.2. The van der Waals surface area contributed by atoms with Crippen molar-refractivity contribution in [3.05, 3.63) is 55.3 Å². The van der Waals surface area contributed by atoms with Crippen LogP contribution in [0.2, 0.25) is 0 Å². The van der Waals surface area contributed by atoms with Crippen molar-refractivity contribution < 1.29 is 32.9 Å². The van der Waals surface area contributed by atoms with Gasteiger partial charge in [-0.15, -0.1) is 11.8 Å². The number of aromatic nitrogens is 4. The first kappa shape index (κ1) is 27.5. The third kappa shape index (κ3) is 6.68. The number of rotatable bonds is 9. The second-order valence-electron chi connectivity index (χ2n) is 8.67. The fourth-order valence-corrected chi connectivity index (χ4v) is 4.88. The summed E-state index contributed by atoms with van der Waals surface area (Å²) in [7, 11) is 0. The SMILES string of the molecule is Cc1cn([C@H]2CC(F)[C@@H](COC(=O)CCC(=O)OC[C@H]3CS[C@@H](n4ccc(N)nc4=O)O3)O2)c(=O)[nH]c1=O. The van der Waals surface area contributed by atoms with Crippen molar-refractivity contribution in [2.45, 2.75) is 56.4 Å². The van der Waals surface area contributed by atoms with Crippen molar-refractivity contribution in [2.75, 3.05) is 24.7 Å². The Labute approximate surface area is 218 Å². The molecule has 16 heteroatoms. The number of nitrogens with two attached hydrogens (primary N) is 1. The molecule has 2 fully saturated rings. The van der Waals surface area contributed by atoms with Crippen molar-refractivity contribution in [1.82, 2.24) is 19.1 Å². The summed E-state index contributed by atoms with van der Waals surface area (Å²) in [5, 5.41) is 0. The molecule has 2 aliphatic heterocycles. The zero-order valence-corrected chi connectivity index (χ0v) is 21.1. The van der Waals surface area contributed by atoms with E-state index in [1.165, 1.54) is 41.7 Å². The summed E-state index contributed by atoms with van der Waals surface area (Å²) in [6, 6.07) is 1.47. The Kier molecular flexibility index (Phi) is 8.63. The van der Waals surface area contributed by atoms with Crippen LogP contribution in [0.25, 0.3) is 0 Å². The molecule has 0 radical (unpaired) electrons. The smallest absolute Gasteiger partial charge is 0.352 e. The summed E-state index contributed by atoms with van der Waals surface area (Å²) in [6.45, 7) is 1.02. The van der Waals surface area contributed by atoms with E-state index in [-0.39, 0.29) is 37.3 Å². The summed E-state index contributed by atoms with van der Waals surface area (Å²) in [6.07, 6.45) is -2.00. The Hall–Kier alpha value is -3.50. The number of nitrogens with zero attached hydrogens (tertiary/aromatic N) is 3. The normalized spacial score (nSPS) is 24.8. The second-order valence-corrected chi connectivity index (χ2v) is 9.74. The van der Waals surface area contributed by atoms with Crippen molar-refractivity contribution in [1.29, 1.82) is 0 Å². The molecule has 0 bridgehead atoms. The van der Waals surface area contributed by atoms with Crippen molar-refractivity contribution in [2.24, 2.45) is 0 Å². The minimum atomic E-state index is -1.51. The van der Waals surface area contributed by atoms with Crippen LogP contribution in [0.3, 0.4) is 0 Å². The maximum atomic E-state index is 14.4. The minimum absolute atomic E-state index is 0.0705. The number of nitrogens with one attached hydrogen (secondary N) is 1. The zero-order valence-electron chi connectivity index (χ0n) is 20.2. The first-order chi connectivity index (χ1) is 18.1. The standard InChI is InChI=1S/C22H26FN5O9S/c1-11-7-28(21(33)26-19(11)31)16-6-13(23)14(37-16)9-35-18(30)3-2-17(29)34-8-12-10-38-22(36-12)27-5-4-15(24)25-20(27)32/h4-5,7,12-14,16,22H,2-3,6,8-10H2,1H3,(H2,24,25,32)(H,26,31,33)/t12-,13?,14+,16+,22-/m0/s1. The molecule has 1 unspecified atom stereocenters. The van der Waals surface area contributed by atoms with Gasteiger partial charge in [0.1, 0.15) is 43.6 Å². The number of hydrogen-bond donors (Lipinski definition) is 2. The maximum absolute atomic E-state index is 14.4. The number of hydrogen-bond acceptors (Lipinski definition) is 12. The number of nitrogen functional groups attached to an aromatic ring is 1. The van der Waals surface area contributed by atoms with Gasteiger partial charge >= 0.3 is 23.3 Å². The lowest BCUT2D eigenvalue weighted by Crippen LogP contribution is -2.33. The van der Waals surface area contributed by atoms with E-state index in [2.05, 4.69) is 9.97 Å². The zero-order chi connectivity index (χ0) is 27.4. The molecule has 2 saturated heterocycles. The molecule has 0 aromatic carbocycles. The Morgan fingerprint density at radius 3 is 2.61 bits per heavy atom. The Morgan fingerprint density at radius 2 is 1.89 bits per heavy atom. The van der Waals surface area contributed by atoms with Gasteiger partial charge in [-0.2, -0.15) is 4.98 Å². The van der Waals surface area contributed by atoms with Crippen LogP contribution < -0.4 is 22.7 Å². The predicted molar refractivity (Wildman–Crippen MR) is 130 cm³/mol. The van der Waals surface area contributed by atoms with Crippen LogP contribution in [0, 0.1) is 6.92 Å². The number of halogens is 1. The molecule has 0 amide bonds. The van der Waals surface area contributed by atoms with E-state index in [9.17, 15) is 28.4 Å². The van der Waals surface area contributed by atoms with Gasteiger partial charge in [0.2, 0.25) is 0 Å². The van der Waals surface area contributed by atoms with Gasteiger partial charge in [-0.1, -0.05) is 0 Å². The fraction of sp³-hybridized carbons (Fsp3) is 0.545. The number of carbonyl (C=O) groups excluding carboxylic acids is 2. The molecule has 3 N–H and O–H groups in total. The molecule has 4 rings (SSSR count). The number of esters is 2. The van der Waals surface area contributed by atoms with E-state index in [1.807, 2.05) is 0 Å². The topological polar surface area (TPSA) is 187 Å². The van der Waals surface area contributed by atoms with Crippen LogP contribution in [0.15, 0.2) is 32.8 Å². The van der Waals surface area contributed by atoms with E-state index in [0.29, 0.717) is 5.75 Å². The number of aromatic amines is 1. The van der Waals surface area contributed by atoms with Crippen molar-refractivity contribution >= 4 is 29.5 Å². The fourth-order valence-electron chi connectivity index (χ4n) is 3.77. The highest BCUT2D eigenvalue weighted by molar-refractivity contribution is 7.99. The van der Waals surface area contributed by atoms with E-state index < -0.39 is 65.7 Å². The van der Waals surface area contributed by atoms with Crippen LogP contribution >= 0.6 is 11.8 Å². The van der Waals surface area contributed by atoms with E-state index >= 15 is 0 Å². The van der Waals surface area contributed by atoms with Gasteiger partial charge in [-0.25, -0.2) is 14.0 Å². The van der Waals surface area contributed by atoms with Crippen molar-refractivity contribution in [3.8, 4) is 0 Å². The number of aryl methyl sites for hydroxylation is 1. The number of carbonyl (C=O) groups is 2. The van der Waals surface area contributed by atoms with Crippen LogP contribution in [0.5, 0.6) is 0 Å². The van der Waals surface area contributed by atoms with Gasteiger partial charge in [0.15, 0.2) is 5.56 Å². The number of ether oxygens (including phenoxy) is 4. The minimum Gasteiger partial charge on any atom is -0.463 e. The van der Waals surface area contributed by atoms with Gasteiger partial charge in [-0.3, -0.25) is 28.5 Å². The molecule has 4 heterocycles. The van der Waals surface area contributed by atoms with Crippen LogP contribution in [0.4, 0.5) is 10.2 Å². The molecule has 0 spiro atoms. The van der Waals surface area contributed by atoms with E-state index in [1.54, 1.807) is 0 Å². The van der Waals surface area contributed by atoms with E-state index in [4.69, 9.17) is 24.7 Å². The average molecular weight is 556 g/mol. The maximum Gasteiger partial charge on any atom is 0.352 e. The van der Waals surface area contributed by atoms with Gasteiger partial charge in [0.05, 0.1) is 12.8 Å². The molecule has 2 aromatic heterocycles. The lowest BCUT2D eigenvalue weighted by Gasteiger charge is -2.16. The summed E-state index contributed by atoms with van der Waals surface area (Å²) in [5.41, 5.74) is 3.27. The molecule has 0 saturated carbocycles. The number of thioether (sulfide) groups is 1. The summed E-state index contributed by atoms with van der Waals surface area (Å²) in [4.78, 5) is 65.3. The largest absolute Gasteiger partial charge is 0.463 e. The van der Waals surface area contributed by atoms with Gasteiger partial charge in [0.25, 0.3) is 5.56 Å². The molecule has 38 heavy (non-hydrogen) atoms. The van der Waals surface area contributed by atoms with E-state index in [0.717, 1.165) is 4.57 Å². The third-order valence-corrected chi connectivity index (χ3v) is 6.99. The predicted octanol–water partition coefficient (Wildman–Crippen LogP) is -0.236. The summed E-state index contributed by atoms with van der Waals surface area (Å²) >= 11 is 1.33. The summed E-state index contributed by atoms with van der Waals surface area (Å²) in [5.74, 6) is -0.839. The number of alkyl halides is 1. The Bertz CT molecular complexity index is 1360. The van der Waals surface area contributed by atoms with Gasteiger partial charge < -0.3 is 24.7 Å². The van der Waals surface area contributed by atoms with Crippen LogP contribution in [0.1, 0.15) is 36.6 Å². The highest BCUT2D eigenvalue weighted by Gasteiger charge is 2.38. The number of H-pyrrole nitrogens is 1. The lowest BCUT2D eigenvalue weighted by atomic mass is 10.2. The van der Waals surface area contributed by atoms with Crippen molar-refractivity contribution in [3.63, 3.8) is 0 Å². The van der Waals surface area contributed by atoms with Crippen LogP contribution in [-0.4, -0.2) is 68.4 Å². The quantitative estimate of drug-likeness (QED) is 0.387. The number of anilines is 1. The lowest BCUT2D eigenvalue weighted by molar-refractivity contribution is -0.155. The second kappa shape index (κ2) is 11.9. The molecular formula is C22H26FN5O9S. The van der Waals surface area contributed by atoms with Gasteiger partial charge in [-0.05, 0) is 13.0 Å².